The van der Waals surface area contributed by atoms with E-state index >= 15 is 0 Å². The maximum atomic E-state index is 12.8. The number of ether oxygens (including phenoxy) is 1. The molecule has 136 valence electrons. The molecule has 3 fully saturated rings. The largest absolute Gasteiger partial charge is 0.363 e. The number of carbonyl (C=O) groups is 1. The Balaban J connectivity index is 1.37. The molecule has 3 aliphatic rings. The summed E-state index contributed by atoms with van der Waals surface area (Å²) in [6.07, 6.45) is 1.78. The number of amides is 1. The normalized spacial score (nSPS) is 30.6. The Kier molecular flexibility index (Phi) is 4.75. The van der Waals surface area contributed by atoms with Crippen LogP contribution in [-0.4, -0.2) is 83.6 Å². The molecule has 4 heterocycles. The molecular weight excluding hydrogens is 316 g/mol. The topological polar surface area (TPSA) is 48.9 Å². The second-order valence-electron chi connectivity index (χ2n) is 7.62. The van der Waals surface area contributed by atoms with E-state index in [0.717, 1.165) is 63.5 Å². The molecule has 6 heteroatoms. The molecule has 0 bridgehead atoms. The van der Waals surface area contributed by atoms with Gasteiger partial charge in [-0.1, -0.05) is 6.07 Å². The molecular formula is C19H28N4O2. The van der Waals surface area contributed by atoms with Gasteiger partial charge < -0.3 is 14.5 Å². The molecule has 0 saturated carbocycles. The lowest BCUT2D eigenvalue weighted by atomic mass is 10.1. The van der Waals surface area contributed by atoms with E-state index in [1.807, 2.05) is 17.9 Å². The van der Waals surface area contributed by atoms with Gasteiger partial charge in [0.05, 0.1) is 11.8 Å². The Bertz CT molecular complexity index is 630. The number of piperazine rings is 1. The second kappa shape index (κ2) is 7.02. The predicted octanol–water partition coefficient (Wildman–Crippen LogP) is 0.896. The molecule has 3 atom stereocenters. The molecule has 4 rings (SSSR count). The van der Waals surface area contributed by atoms with Crippen LogP contribution in [0.5, 0.6) is 0 Å². The summed E-state index contributed by atoms with van der Waals surface area (Å²) < 4.78 is 6.15. The van der Waals surface area contributed by atoms with E-state index in [0.29, 0.717) is 6.04 Å². The molecule has 0 unspecified atom stereocenters. The SMILES string of the molecule is Cc1cccc(CN2CC[C@@H]3O[C@@H](C(=O)N4CCN(C)CC4)C[C@@H]32)n1. The molecule has 1 aromatic rings. The third kappa shape index (κ3) is 3.57. The Morgan fingerprint density at radius 3 is 2.80 bits per heavy atom. The molecule has 3 saturated heterocycles. The van der Waals surface area contributed by atoms with Crippen molar-refractivity contribution >= 4 is 5.91 Å². The van der Waals surface area contributed by atoms with E-state index in [1.165, 1.54) is 0 Å². The zero-order valence-corrected chi connectivity index (χ0v) is 15.2. The van der Waals surface area contributed by atoms with Gasteiger partial charge in [0.2, 0.25) is 0 Å². The number of hydrogen-bond acceptors (Lipinski definition) is 5. The Hall–Kier alpha value is -1.50. The van der Waals surface area contributed by atoms with Gasteiger partial charge in [0, 0.05) is 57.4 Å². The van der Waals surface area contributed by atoms with Crippen LogP contribution in [0.25, 0.3) is 0 Å². The lowest BCUT2D eigenvalue weighted by Gasteiger charge is -2.34. The van der Waals surface area contributed by atoms with Crippen LogP contribution in [0.1, 0.15) is 24.2 Å². The van der Waals surface area contributed by atoms with Crippen molar-refractivity contribution in [1.82, 2.24) is 19.7 Å². The molecule has 0 spiro atoms. The molecule has 6 nitrogen and oxygen atoms in total. The van der Waals surface area contributed by atoms with Crippen LogP contribution in [-0.2, 0) is 16.1 Å². The molecule has 0 aromatic carbocycles. The number of carbonyl (C=O) groups excluding carboxylic acids is 1. The van der Waals surface area contributed by atoms with Crippen LogP contribution >= 0.6 is 0 Å². The fourth-order valence-electron chi connectivity index (χ4n) is 4.31. The van der Waals surface area contributed by atoms with Gasteiger partial charge in [0.25, 0.3) is 5.91 Å². The molecule has 1 amide bonds. The standard InChI is InChI=1S/C19H28N4O2/c1-14-4-3-5-15(20-14)13-23-7-6-17-16(23)12-18(25-17)19(24)22-10-8-21(2)9-11-22/h3-5,16-18H,6-13H2,1-2H3/t16-,17-,18+/m0/s1. The zero-order valence-electron chi connectivity index (χ0n) is 15.2. The first-order valence-corrected chi connectivity index (χ1v) is 9.39. The van der Waals surface area contributed by atoms with Crippen molar-refractivity contribution < 1.29 is 9.53 Å². The molecule has 0 N–H and O–H groups in total. The number of hydrogen-bond donors (Lipinski definition) is 0. The summed E-state index contributed by atoms with van der Waals surface area (Å²) in [5, 5.41) is 0. The van der Waals surface area contributed by atoms with Gasteiger partial charge in [0.15, 0.2) is 0 Å². The van der Waals surface area contributed by atoms with Crippen LogP contribution in [0.4, 0.5) is 0 Å². The molecule has 0 aliphatic carbocycles. The number of likely N-dealkylation sites (N-methyl/N-ethyl adjacent to an activating group) is 1. The summed E-state index contributed by atoms with van der Waals surface area (Å²) in [4.78, 5) is 24.1. The predicted molar refractivity (Wildman–Crippen MR) is 95.1 cm³/mol. The zero-order chi connectivity index (χ0) is 17.4. The van der Waals surface area contributed by atoms with E-state index in [9.17, 15) is 4.79 Å². The van der Waals surface area contributed by atoms with Crippen LogP contribution in [0, 0.1) is 6.92 Å². The second-order valence-corrected chi connectivity index (χ2v) is 7.62. The van der Waals surface area contributed by atoms with Gasteiger partial charge in [-0.15, -0.1) is 0 Å². The van der Waals surface area contributed by atoms with Crippen molar-refractivity contribution in [2.24, 2.45) is 0 Å². The van der Waals surface area contributed by atoms with Crippen LogP contribution < -0.4 is 0 Å². The molecule has 1 aromatic heterocycles. The lowest BCUT2D eigenvalue weighted by Crippen LogP contribution is -2.50. The summed E-state index contributed by atoms with van der Waals surface area (Å²) in [5.41, 5.74) is 2.16. The van der Waals surface area contributed by atoms with E-state index in [4.69, 9.17) is 4.74 Å². The number of likely N-dealkylation sites (tertiary alicyclic amines) is 1. The summed E-state index contributed by atoms with van der Waals surface area (Å²) in [6, 6.07) is 6.53. The number of pyridine rings is 1. The summed E-state index contributed by atoms with van der Waals surface area (Å²) in [5.74, 6) is 0.191. The van der Waals surface area contributed by atoms with Gasteiger partial charge in [-0.25, -0.2) is 0 Å². The van der Waals surface area contributed by atoms with Crippen LogP contribution in [0.3, 0.4) is 0 Å². The third-order valence-electron chi connectivity index (χ3n) is 5.80. The maximum Gasteiger partial charge on any atom is 0.251 e. The molecule has 25 heavy (non-hydrogen) atoms. The van der Waals surface area contributed by atoms with E-state index < -0.39 is 0 Å². The third-order valence-corrected chi connectivity index (χ3v) is 5.80. The Morgan fingerprint density at radius 2 is 2.04 bits per heavy atom. The first-order valence-electron chi connectivity index (χ1n) is 9.39. The van der Waals surface area contributed by atoms with Gasteiger partial charge >= 0.3 is 0 Å². The highest BCUT2D eigenvalue weighted by molar-refractivity contribution is 5.81. The Morgan fingerprint density at radius 1 is 1.24 bits per heavy atom. The number of fused-ring (bicyclic) bond motifs is 1. The van der Waals surface area contributed by atoms with Crippen LogP contribution in [0.2, 0.25) is 0 Å². The highest BCUT2D eigenvalue weighted by atomic mass is 16.5. The highest BCUT2D eigenvalue weighted by Crippen LogP contribution is 2.34. The van der Waals surface area contributed by atoms with Crippen molar-refractivity contribution in [2.75, 3.05) is 39.8 Å². The van der Waals surface area contributed by atoms with E-state index in [-0.39, 0.29) is 18.1 Å². The van der Waals surface area contributed by atoms with Crippen LogP contribution in [0.15, 0.2) is 18.2 Å². The summed E-state index contributed by atoms with van der Waals surface area (Å²) in [7, 11) is 2.11. The van der Waals surface area contributed by atoms with Crippen molar-refractivity contribution in [3.63, 3.8) is 0 Å². The lowest BCUT2D eigenvalue weighted by molar-refractivity contribution is -0.144. The molecule has 3 aliphatic heterocycles. The monoisotopic (exact) mass is 344 g/mol. The van der Waals surface area contributed by atoms with E-state index in [2.05, 4.69) is 34.0 Å². The highest BCUT2D eigenvalue weighted by Gasteiger charge is 2.46. The Labute approximate surface area is 149 Å². The first-order chi connectivity index (χ1) is 12.1. The minimum Gasteiger partial charge on any atom is -0.363 e. The van der Waals surface area contributed by atoms with Gasteiger partial charge in [-0.05, 0) is 32.5 Å². The minimum absolute atomic E-state index is 0.191. The minimum atomic E-state index is -0.258. The first kappa shape index (κ1) is 16.9. The average Bonchev–Trinajstić information content (AvgIpc) is 3.17. The summed E-state index contributed by atoms with van der Waals surface area (Å²) in [6.45, 7) is 7.46. The van der Waals surface area contributed by atoms with E-state index in [1.54, 1.807) is 0 Å². The van der Waals surface area contributed by atoms with Crippen molar-refractivity contribution in [2.45, 2.75) is 44.6 Å². The smallest absolute Gasteiger partial charge is 0.251 e. The van der Waals surface area contributed by atoms with Crippen molar-refractivity contribution in [3.05, 3.63) is 29.6 Å². The number of aromatic nitrogens is 1. The number of aryl methyl sites for hydroxylation is 1. The quantitative estimate of drug-likeness (QED) is 0.815. The van der Waals surface area contributed by atoms with Gasteiger partial charge in [-0.2, -0.15) is 0 Å². The number of nitrogens with zero attached hydrogens (tertiary/aromatic N) is 4. The van der Waals surface area contributed by atoms with Gasteiger partial charge in [0.1, 0.15) is 6.10 Å². The van der Waals surface area contributed by atoms with Crippen molar-refractivity contribution in [1.29, 1.82) is 0 Å². The summed E-state index contributed by atoms with van der Waals surface area (Å²) >= 11 is 0. The fourth-order valence-corrected chi connectivity index (χ4v) is 4.31. The maximum absolute atomic E-state index is 12.8. The van der Waals surface area contributed by atoms with Gasteiger partial charge in [-0.3, -0.25) is 14.7 Å². The average molecular weight is 344 g/mol. The fraction of sp³-hybridized carbons (Fsp3) is 0.684. The number of rotatable bonds is 3. The molecule has 0 radical (unpaired) electrons. The van der Waals surface area contributed by atoms with Crippen molar-refractivity contribution in [3.8, 4) is 0 Å².